The lowest BCUT2D eigenvalue weighted by atomic mass is 10.3. The van der Waals surface area contributed by atoms with Crippen LogP contribution in [0.3, 0.4) is 0 Å². The second-order valence-electron chi connectivity index (χ2n) is 1.78. The number of nitriles is 1. The Morgan fingerprint density at radius 1 is 1.89 bits per heavy atom. The third-order valence-corrected chi connectivity index (χ3v) is 0.746. The van der Waals surface area contributed by atoms with Crippen LogP contribution in [0.2, 0.25) is 0 Å². The van der Waals surface area contributed by atoms with Crippen molar-refractivity contribution in [3.63, 3.8) is 0 Å². The molecule has 3 nitrogen and oxygen atoms in total. The summed E-state index contributed by atoms with van der Waals surface area (Å²) in [4.78, 5) is 10.2. The number of hydrogen-bond donors (Lipinski definition) is 0. The van der Waals surface area contributed by atoms with Gasteiger partial charge in [-0.25, -0.2) is 0 Å². The standard InChI is InChI=1S/C6H9NO2/c1-5(3-4-7)9-6(2)8/h5H,3H2,1-2H3/t5-/m1/s1. The lowest BCUT2D eigenvalue weighted by Crippen LogP contribution is -2.10. The Morgan fingerprint density at radius 3 is 2.78 bits per heavy atom. The molecule has 0 bridgehead atoms. The van der Waals surface area contributed by atoms with E-state index in [4.69, 9.17) is 5.26 Å². The Morgan fingerprint density at radius 2 is 2.44 bits per heavy atom. The molecule has 1 atom stereocenters. The number of rotatable bonds is 2. The molecule has 0 spiro atoms. The summed E-state index contributed by atoms with van der Waals surface area (Å²) in [6, 6.07) is 1.90. The van der Waals surface area contributed by atoms with Crippen molar-refractivity contribution in [2.24, 2.45) is 0 Å². The summed E-state index contributed by atoms with van der Waals surface area (Å²) >= 11 is 0. The summed E-state index contributed by atoms with van der Waals surface area (Å²) < 4.78 is 4.63. The molecule has 0 aromatic heterocycles. The van der Waals surface area contributed by atoms with Crippen molar-refractivity contribution in [3.8, 4) is 6.07 Å². The predicted molar refractivity (Wildman–Crippen MR) is 31.5 cm³/mol. The maximum atomic E-state index is 10.2. The molecule has 0 aliphatic carbocycles. The van der Waals surface area contributed by atoms with Crippen LogP contribution in [0.5, 0.6) is 0 Å². The average Bonchev–Trinajstić information content (AvgIpc) is 1.63. The lowest BCUT2D eigenvalue weighted by molar-refractivity contribution is -0.145. The Balaban J connectivity index is 3.40. The minimum absolute atomic E-state index is 0.263. The fourth-order valence-electron chi connectivity index (χ4n) is 0.454. The fraction of sp³-hybridized carbons (Fsp3) is 0.667. The van der Waals surface area contributed by atoms with E-state index >= 15 is 0 Å². The van der Waals surface area contributed by atoms with Crippen molar-refractivity contribution in [1.29, 1.82) is 5.26 Å². The second kappa shape index (κ2) is 3.90. The molecule has 0 saturated carbocycles. The molecular formula is C6H9NO2. The van der Waals surface area contributed by atoms with E-state index in [0.29, 0.717) is 0 Å². The highest BCUT2D eigenvalue weighted by Gasteiger charge is 2.02. The van der Waals surface area contributed by atoms with Gasteiger partial charge in [0.25, 0.3) is 0 Å². The summed E-state index contributed by atoms with van der Waals surface area (Å²) in [6.45, 7) is 3.01. The minimum Gasteiger partial charge on any atom is -0.462 e. The summed E-state index contributed by atoms with van der Waals surface area (Å²) in [5.74, 6) is -0.335. The maximum absolute atomic E-state index is 10.2. The van der Waals surface area contributed by atoms with E-state index in [9.17, 15) is 4.79 Å². The molecule has 0 rings (SSSR count). The molecule has 0 unspecified atom stereocenters. The maximum Gasteiger partial charge on any atom is 0.302 e. The molecule has 0 amide bonds. The van der Waals surface area contributed by atoms with Crippen molar-refractivity contribution in [2.75, 3.05) is 0 Å². The number of carbonyl (C=O) groups is 1. The molecule has 0 heterocycles. The first-order valence-electron chi connectivity index (χ1n) is 2.71. The molecule has 50 valence electrons. The van der Waals surface area contributed by atoms with E-state index in [1.807, 2.05) is 6.07 Å². The third-order valence-electron chi connectivity index (χ3n) is 0.746. The van der Waals surface area contributed by atoms with Gasteiger partial charge in [-0.15, -0.1) is 0 Å². The molecule has 0 aromatic carbocycles. The number of nitrogens with zero attached hydrogens (tertiary/aromatic N) is 1. The predicted octanol–water partition coefficient (Wildman–Crippen LogP) is 0.852. The summed E-state index contributed by atoms with van der Waals surface area (Å²) in [5, 5.41) is 8.11. The van der Waals surface area contributed by atoms with Gasteiger partial charge in [-0.2, -0.15) is 5.26 Å². The van der Waals surface area contributed by atoms with Gasteiger partial charge in [-0.3, -0.25) is 4.79 Å². The van der Waals surface area contributed by atoms with E-state index in [1.165, 1.54) is 6.92 Å². The zero-order valence-electron chi connectivity index (χ0n) is 5.55. The quantitative estimate of drug-likeness (QED) is 0.517. The van der Waals surface area contributed by atoms with E-state index in [2.05, 4.69) is 4.74 Å². The van der Waals surface area contributed by atoms with E-state index in [1.54, 1.807) is 6.92 Å². The van der Waals surface area contributed by atoms with E-state index in [-0.39, 0.29) is 18.5 Å². The SMILES string of the molecule is CC(=O)O[C@H](C)CC#N. The van der Waals surface area contributed by atoms with Crippen LogP contribution in [0.15, 0.2) is 0 Å². The molecule has 0 N–H and O–H groups in total. The van der Waals surface area contributed by atoms with Crippen LogP contribution >= 0.6 is 0 Å². The Bertz CT molecular complexity index is 136. The fourth-order valence-corrected chi connectivity index (χ4v) is 0.454. The smallest absolute Gasteiger partial charge is 0.302 e. The van der Waals surface area contributed by atoms with Crippen molar-refractivity contribution in [3.05, 3.63) is 0 Å². The van der Waals surface area contributed by atoms with Gasteiger partial charge in [0.15, 0.2) is 0 Å². The van der Waals surface area contributed by atoms with E-state index < -0.39 is 0 Å². The molecule has 0 radical (unpaired) electrons. The monoisotopic (exact) mass is 127 g/mol. The average molecular weight is 127 g/mol. The molecule has 0 aromatic rings. The molecule has 3 heteroatoms. The number of hydrogen-bond acceptors (Lipinski definition) is 3. The van der Waals surface area contributed by atoms with Gasteiger partial charge in [-0.1, -0.05) is 0 Å². The van der Waals surface area contributed by atoms with Crippen LogP contribution in [0.1, 0.15) is 20.3 Å². The summed E-state index contributed by atoms with van der Waals surface area (Å²) in [7, 11) is 0. The number of ether oxygens (including phenoxy) is 1. The van der Waals surface area contributed by atoms with Crippen LogP contribution in [0.4, 0.5) is 0 Å². The first-order chi connectivity index (χ1) is 4.16. The summed E-state index contributed by atoms with van der Waals surface area (Å²) in [5.41, 5.74) is 0. The summed E-state index contributed by atoms with van der Waals surface area (Å²) in [6.07, 6.45) is -0.00736. The van der Waals surface area contributed by atoms with Crippen molar-refractivity contribution < 1.29 is 9.53 Å². The van der Waals surface area contributed by atoms with Crippen molar-refractivity contribution in [1.82, 2.24) is 0 Å². The van der Waals surface area contributed by atoms with Gasteiger partial charge in [0.1, 0.15) is 6.10 Å². The molecule has 0 aliphatic heterocycles. The Hall–Kier alpha value is -1.04. The number of carbonyl (C=O) groups excluding carboxylic acids is 1. The highest BCUT2D eigenvalue weighted by Crippen LogP contribution is 1.94. The lowest BCUT2D eigenvalue weighted by Gasteiger charge is -2.05. The van der Waals surface area contributed by atoms with Gasteiger partial charge in [0.2, 0.25) is 0 Å². The molecule has 0 aliphatic rings. The van der Waals surface area contributed by atoms with Gasteiger partial charge < -0.3 is 4.74 Å². The van der Waals surface area contributed by atoms with Gasteiger partial charge >= 0.3 is 5.97 Å². The molecular weight excluding hydrogens is 118 g/mol. The van der Waals surface area contributed by atoms with E-state index in [0.717, 1.165) is 0 Å². The van der Waals surface area contributed by atoms with Gasteiger partial charge in [0.05, 0.1) is 12.5 Å². The zero-order chi connectivity index (χ0) is 7.28. The van der Waals surface area contributed by atoms with Crippen LogP contribution in [-0.2, 0) is 9.53 Å². The van der Waals surface area contributed by atoms with Crippen LogP contribution in [0.25, 0.3) is 0 Å². The van der Waals surface area contributed by atoms with Crippen molar-refractivity contribution >= 4 is 5.97 Å². The van der Waals surface area contributed by atoms with Crippen LogP contribution < -0.4 is 0 Å². The minimum atomic E-state index is -0.335. The third kappa shape index (κ3) is 4.82. The molecule has 0 fully saturated rings. The topological polar surface area (TPSA) is 50.1 Å². The van der Waals surface area contributed by atoms with Gasteiger partial charge in [0, 0.05) is 6.92 Å². The Labute approximate surface area is 54.2 Å². The first kappa shape index (κ1) is 7.96. The van der Waals surface area contributed by atoms with Crippen molar-refractivity contribution in [2.45, 2.75) is 26.4 Å². The number of esters is 1. The zero-order valence-corrected chi connectivity index (χ0v) is 5.55. The highest BCUT2D eigenvalue weighted by molar-refractivity contribution is 5.66. The molecule has 0 saturated heterocycles. The van der Waals surface area contributed by atoms with Gasteiger partial charge in [-0.05, 0) is 6.92 Å². The first-order valence-corrected chi connectivity index (χ1v) is 2.71. The highest BCUT2D eigenvalue weighted by atomic mass is 16.5. The molecule has 9 heavy (non-hydrogen) atoms. The Kier molecular flexibility index (Phi) is 3.45. The second-order valence-corrected chi connectivity index (χ2v) is 1.78. The van der Waals surface area contributed by atoms with Crippen LogP contribution in [0, 0.1) is 11.3 Å². The normalized spacial score (nSPS) is 11.7. The van der Waals surface area contributed by atoms with Crippen LogP contribution in [-0.4, -0.2) is 12.1 Å². The largest absolute Gasteiger partial charge is 0.462 e.